The van der Waals surface area contributed by atoms with Crippen LogP contribution in [0.2, 0.25) is 0 Å². The molecule has 0 atom stereocenters. The Morgan fingerprint density at radius 2 is 1.44 bits per heavy atom. The monoisotopic (exact) mass is 366 g/mol. The summed E-state index contributed by atoms with van der Waals surface area (Å²) in [5.74, 6) is 10.0. The van der Waals surface area contributed by atoms with Crippen LogP contribution in [-0.4, -0.2) is 24.2 Å². The molecule has 0 aliphatic heterocycles. The summed E-state index contributed by atoms with van der Waals surface area (Å²) in [6.07, 6.45) is 19.7. The summed E-state index contributed by atoms with van der Waals surface area (Å²) in [5.41, 5.74) is 0. The molecule has 0 aromatic heterocycles. The predicted molar refractivity (Wildman–Crippen MR) is 114 cm³/mol. The van der Waals surface area contributed by atoms with Gasteiger partial charge in [-0.05, 0) is 45.3 Å². The minimum atomic E-state index is 0.381. The molecule has 1 fully saturated rings. The molecule has 25 heavy (non-hydrogen) atoms. The van der Waals surface area contributed by atoms with Gasteiger partial charge >= 0.3 is 0 Å². The molecule has 0 aromatic rings. The number of unbranched alkanes of at least 4 members (excludes halogenated alkanes) is 10. The van der Waals surface area contributed by atoms with Crippen molar-refractivity contribution in [1.82, 2.24) is 0 Å². The van der Waals surface area contributed by atoms with Crippen molar-refractivity contribution in [1.29, 1.82) is 0 Å². The van der Waals surface area contributed by atoms with Gasteiger partial charge in [-0.3, -0.25) is 0 Å². The lowest BCUT2D eigenvalue weighted by Crippen LogP contribution is -2.07. The fraction of sp³-hybridized carbons (Fsp3) is 0.913. The summed E-state index contributed by atoms with van der Waals surface area (Å²) >= 11 is 2.05. The van der Waals surface area contributed by atoms with Crippen molar-refractivity contribution in [2.45, 2.75) is 110 Å². The van der Waals surface area contributed by atoms with Gasteiger partial charge in [0.05, 0.1) is 12.7 Å². The van der Waals surface area contributed by atoms with E-state index in [2.05, 4.69) is 25.7 Å². The molecule has 0 N–H and O–H groups in total. The van der Waals surface area contributed by atoms with Gasteiger partial charge in [0.25, 0.3) is 0 Å². The Hall–Kier alpha value is -0.130. The van der Waals surface area contributed by atoms with E-state index in [1.165, 1.54) is 89.2 Å². The van der Waals surface area contributed by atoms with E-state index in [1.54, 1.807) is 0 Å². The minimum Gasteiger partial charge on any atom is -0.378 e. The highest BCUT2D eigenvalue weighted by Crippen LogP contribution is 2.25. The zero-order valence-electron chi connectivity index (χ0n) is 17.0. The topological polar surface area (TPSA) is 9.23 Å². The lowest BCUT2D eigenvalue weighted by molar-refractivity contribution is 0.0920. The van der Waals surface area contributed by atoms with Crippen LogP contribution in [0.15, 0.2) is 0 Å². The van der Waals surface area contributed by atoms with Gasteiger partial charge < -0.3 is 4.74 Å². The zero-order chi connectivity index (χ0) is 18.0. The second-order valence-corrected chi connectivity index (χ2v) is 8.99. The van der Waals surface area contributed by atoms with Crippen LogP contribution in [0.5, 0.6) is 0 Å². The largest absolute Gasteiger partial charge is 0.378 e. The van der Waals surface area contributed by atoms with Gasteiger partial charge in [0, 0.05) is 18.1 Å². The number of thioether (sulfide) groups is 1. The van der Waals surface area contributed by atoms with Gasteiger partial charge in [-0.2, -0.15) is 11.8 Å². The van der Waals surface area contributed by atoms with E-state index in [4.69, 9.17) is 4.74 Å². The molecule has 0 aromatic carbocycles. The van der Waals surface area contributed by atoms with Gasteiger partial charge in [-0.15, -0.1) is 5.92 Å². The molecule has 0 heterocycles. The summed E-state index contributed by atoms with van der Waals surface area (Å²) in [6.45, 7) is 5.13. The quantitative estimate of drug-likeness (QED) is 0.210. The second-order valence-electron chi connectivity index (χ2n) is 7.77. The van der Waals surface area contributed by atoms with Crippen molar-refractivity contribution in [3.63, 3.8) is 0 Å². The van der Waals surface area contributed by atoms with Crippen molar-refractivity contribution in [3.8, 4) is 11.8 Å². The Kier molecular flexibility index (Phi) is 15.8. The van der Waals surface area contributed by atoms with Crippen molar-refractivity contribution < 1.29 is 4.74 Å². The molecule has 2 heteroatoms. The Balaban J connectivity index is 1.65. The third-order valence-electron chi connectivity index (χ3n) is 4.93. The molecule has 1 saturated carbocycles. The highest BCUT2D eigenvalue weighted by Gasteiger charge is 2.13. The standard InChI is InChI=1S/C23H42OS/c1-22(2)24-19-21-25-20-14-12-10-8-6-4-3-5-7-9-11-13-16-23-17-15-18-23/h22-23H,3-12,14-15,17-21H2,1-2H3. The molecule has 146 valence electrons. The van der Waals surface area contributed by atoms with Crippen LogP contribution in [-0.2, 0) is 4.74 Å². The van der Waals surface area contributed by atoms with Crippen molar-refractivity contribution >= 4 is 11.8 Å². The molecule has 0 amide bonds. The smallest absolute Gasteiger partial charge is 0.0560 e. The summed E-state index contributed by atoms with van der Waals surface area (Å²) in [6, 6.07) is 0. The molecule has 0 unspecified atom stereocenters. The fourth-order valence-corrected chi connectivity index (χ4v) is 3.87. The Bertz CT molecular complexity index is 338. The van der Waals surface area contributed by atoms with Gasteiger partial charge in [0.15, 0.2) is 0 Å². The van der Waals surface area contributed by atoms with Crippen molar-refractivity contribution in [2.75, 3.05) is 18.1 Å². The molecule has 0 bridgehead atoms. The first-order valence-electron chi connectivity index (χ1n) is 11.0. The van der Waals surface area contributed by atoms with E-state index in [9.17, 15) is 0 Å². The summed E-state index contributed by atoms with van der Waals surface area (Å²) in [5, 5.41) is 0. The number of rotatable bonds is 16. The first kappa shape index (κ1) is 22.9. The molecule has 1 aliphatic rings. The van der Waals surface area contributed by atoms with Crippen LogP contribution < -0.4 is 0 Å². The fourth-order valence-electron chi connectivity index (χ4n) is 3.05. The maximum absolute atomic E-state index is 5.55. The Morgan fingerprint density at radius 1 is 0.840 bits per heavy atom. The predicted octanol–water partition coefficient (Wildman–Crippen LogP) is 7.24. The van der Waals surface area contributed by atoms with Gasteiger partial charge in [-0.25, -0.2) is 0 Å². The van der Waals surface area contributed by atoms with Crippen LogP contribution >= 0.6 is 11.8 Å². The maximum atomic E-state index is 5.55. The molecule has 0 saturated heterocycles. The van der Waals surface area contributed by atoms with Crippen molar-refractivity contribution in [3.05, 3.63) is 0 Å². The second kappa shape index (κ2) is 17.3. The van der Waals surface area contributed by atoms with Crippen molar-refractivity contribution in [2.24, 2.45) is 5.92 Å². The van der Waals surface area contributed by atoms with E-state index in [-0.39, 0.29) is 0 Å². The summed E-state index contributed by atoms with van der Waals surface area (Å²) < 4.78 is 5.55. The first-order valence-corrected chi connectivity index (χ1v) is 12.1. The average Bonchev–Trinajstić information content (AvgIpc) is 2.55. The minimum absolute atomic E-state index is 0.381. The van der Waals surface area contributed by atoms with Crippen LogP contribution in [0.3, 0.4) is 0 Å². The van der Waals surface area contributed by atoms with Gasteiger partial charge in [0.2, 0.25) is 0 Å². The van der Waals surface area contributed by atoms with Gasteiger partial charge in [-0.1, -0.05) is 63.7 Å². The number of hydrogen-bond acceptors (Lipinski definition) is 2. The van der Waals surface area contributed by atoms with Gasteiger partial charge in [0.1, 0.15) is 0 Å². The third-order valence-corrected chi connectivity index (χ3v) is 5.96. The zero-order valence-corrected chi connectivity index (χ0v) is 17.8. The summed E-state index contributed by atoms with van der Waals surface area (Å²) in [7, 11) is 0. The van der Waals surface area contributed by atoms with E-state index >= 15 is 0 Å². The van der Waals surface area contributed by atoms with E-state index in [0.29, 0.717) is 6.10 Å². The molecule has 1 rings (SSSR count). The van der Waals surface area contributed by atoms with E-state index in [0.717, 1.165) is 24.7 Å². The number of hydrogen-bond donors (Lipinski definition) is 0. The molecule has 0 radical (unpaired) electrons. The average molecular weight is 367 g/mol. The lowest BCUT2D eigenvalue weighted by Gasteiger charge is -2.18. The number of ether oxygens (including phenoxy) is 1. The highest BCUT2D eigenvalue weighted by atomic mass is 32.2. The highest BCUT2D eigenvalue weighted by molar-refractivity contribution is 7.99. The van der Waals surface area contributed by atoms with Crippen LogP contribution in [0.25, 0.3) is 0 Å². The first-order chi connectivity index (χ1) is 12.3. The SMILES string of the molecule is CC(C)OCCSCCCCCCCCCCCCC#CC1CCC1. The normalized spacial score (nSPS) is 14.4. The molecule has 1 aliphatic carbocycles. The van der Waals surface area contributed by atoms with Crippen LogP contribution in [0.1, 0.15) is 104 Å². The molecule has 1 nitrogen and oxygen atoms in total. The van der Waals surface area contributed by atoms with E-state index < -0.39 is 0 Å². The van der Waals surface area contributed by atoms with E-state index in [1.807, 2.05) is 11.8 Å². The lowest BCUT2D eigenvalue weighted by atomic mass is 9.86. The summed E-state index contributed by atoms with van der Waals surface area (Å²) in [4.78, 5) is 0. The Morgan fingerprint density at radius 3 is 2.00 bits per heavy atom. The Labute approximate surface area is 162 Å². The molecular formula is C23H42OS. The molecular weight excluding hydrogens is 324 g/mol. The molecule has 0 spiro atoms. The third kappa shape index (κ3) is 15.8. The van der Waals surface area contributed by atoms with Crippen LogP contribution in [0, 0.1) is 17.8 Å². The van der Waals surface area contributed by atoms with Crippen LogP contribution in [0.4, 0.5) is 0 Å². The maximum Gasteiger partial charge on any atom is 0.0560 e.